The highest BCUT2D eigenvalue weighted by Gasteiger charge is 2.13. The van der Waals surface area contributed by atoms with Gasteiger partial charge in [0.1, 0.15) is 11.5 Å². The highest BCUT2D eigenvalue weighted by Crippen LogP contribution is 2.35. The first-order chi connectivity index (χ1) is 9.28. The van der Waals surface area contributed by atoms with Crippen LogP contribution in [0.25, 0.3) is 27.9 Å². The maximum absolute atomic E-state index is 5.40. The lowest BCUT2D eigenvalue weighted by Crippen LogP contribution is -1.88. The molecule has 0 bridgehead atoms. The molecule has 3 rings (SSSR count). The van der Waals surface area contributed by atoms with E-state index in [0.29, 0.717) is 0 Å². The van der Waals surface area contributed by atoms with E-state index in [0.717, 1.165) is 39.0 Å². The maximum Gasteiger partial charge on any atom is 0.147 e. The number of H-pyrrole nitrogens is 1. The van der Waals surface area contributed by atoms with Gasteiger partial charge in [-0.2, -0.15) is 0 Å². The van der Waals surface area contributed by atoms with E-state index in [1.807, 2.05) is 18.2 Å². The molecule has 0 aliphatic rings. The van der Waals surface area contributed by atoms with E-state index in [2.05, 4.69) is 16.5 Å². The Balaban J connectivity index is 2.47. The van der Waals surface area contributed by atoms with Gasteiger partial charge >= 0.3 is 0 Å². The van der Waals surface area contributed by atoms with E-state index in [1.165, 1.54) is 0 Å². The molecule has 0 unspecified atom stereocenters. The topological polar surface area (TPSA) is 47.1 Å². The predicted molar refractivity (Wildman–Crippen MR) is 76.8 cm³/mol. The van der Waals surface area contributed by atoms with Gasteiger partial charge in [-0.05, 0) is 18.2 Å². The third-order valence-electron chi connectivity index (χ3n) is 3.24. The van der Waals surface area contributed by atoms with Crippen LogP contribution in [0.15, 0.2) is 31.0 Å². The van der Waals surface area contributed by atoms with Gasteiger partial charge in [0.2, 0.25) is 0 Å². The Bertz CT molecular complexity index is 775. The van der Waals surface area contributed by atoms with Gasteiger partial charge in [0.05, 0.1) is 42.5 Å². The molecule has 0 saturated heterocycles. The Labute approximate surface area is 110 Å². The number of methoxy groups -OCH3 is 2. The van der Waals surface area contributed by atoms with Crippen LogP contribution < -0.4 is 9.47 Å². The molecule has 0 atom stereocenters. The molecule has 0 aliphatic carbocycles. The van der Waals surface area contributed by atoms with Crippen LogP contribution in [-0.4, -0.2) is 24.2 Å². The molecule has 19 heavy (non-hydrogen) atoms. The number of aromatic nitrogens is 2. The molecule has 96 valence electrons. The molecule has 0 amide bonds. The van der Waals surface area contributed by atoms with E-state index in [9.17, 15) is 0 Å². The molecular formula is C15H14N2O2. The monoisotopic (exact) mass is 254 g/mol. The standard InChI is InChI=1S/C15H14N2O2/c1-4-11-15-14(13(19-3)8-16-11)10-6-5-9(18-2)7-12(10)17-15/h4-8,17H,1H2,2-3H3. The molecule has 2 aromatic heterocycles. The minimum absolute atomic E-state index is 0.747. The van der Waals surface area contributed by atoms with Gasteiger partial charge in [0.25, 0.3) is 0 Å². The van der Waals surface area contributed by atoms with E-state index in [-0.39, 0.29) is 0 Å². The van der Waals surface area contributed by atoms with Crippen molar-refractivity contribution in [3.05, 3.63) is 36.7 Å². The van der Waals surface area contributed by atoms with Gasteiger partial charge in [-0.3, -0.25) is 4.98 Å². The third-order valence-corrected chi connectivity index (χ3v) is 3.24. The molecule has 1 aromatic carbocycles. The summed E-state index contributed by atoms with van der Waals surface area (Å²) >= 11 is 0. The van der Waals surface area contributed by atoms with E-state index < -0.39 is 0 Å². The number of pyridine rings is 1. The minimum Gasteiger partial charge on any atom is -0.497 e. The van der Waals surface area contributed by atoms with Gasteiger partial charge in [-0.15, -0.1) is 0 Å². The number of rotatable bonds is 3. The van der Waals surface area contributed by atoms with Gasteiger partial charge < -0.3 is 14.5 Å². The van der Waals surface area contributed by atoms with Crippen molar-refractivity contribution < 1.29 is 9.47 Å². The Kier molecular flexibility index (Phi) is 2.63. The van der Waals surface area contributed by atoms with Gasteiger partial charge in [-0.25, -0.2) is 0 Å². The fraction of sp³-hybridized carbons (Fsp3) is 0.133. The second kappa shape index (κ2) is 4.31. The van der Waals surface area contributed by atoms with Crippen LogP contribution in [-0.2, 0) is 0 Å². The van der Waals surface area contributed by atoms with Crippen molar-refractivity contribution in [1.82, 2.24) is 9.97 Å². The number of benzene rings is 1. The first kappa shape index (κ1) is 11.6. The molecule has 0 saturated carbocycles. The van der Waals surface area contributed by atoms with Crippen molar-refractivity contribution in [3.63, 3.8) is 0 Å². The highest BCUT2D eigenvalue weighted by molar-refractivity contribution is 6.12. The van der Waals surface area contributed by atoms with Crippen molar-refractivity contribution in [2.24, 2.45) is 0 Å². The molecule has 4 heteroatoms. The highest BCUT2D eigenvalue weighted by atomic mass is 16.5. The molecule has 1 N–H and O–H groups in total. The van der Waals surface area contributed by atoms with Crippen molar-refractivity contribution in [2.75, 3.05) is 14.2 Å². The third kappa shape index (κ3) is 1.64. The first-order valence-electron chi connectivity index (χ1n) is 5.93. The summed E-state index contributed by atoms with van der Waals surface area (Å²) in [6, 6.07) is 5.91. The van der Waals surface area contributed by atoms with Gasteiger partial charge in [-0.1, -0.05) is 6.58 Å². The summed E-state index contributed by atoms with van der Waals surface area (Å²) in [4.78, 5) is 7.68. The summed E-state index contributed by atoms with van der Waals surface area (Å²) in [5.41, 5.74) is 2.73. The largest absolute Gasteiger partial charge is 0.497 e. The van der Waals surface area contributed by atoms with Crippen molar-refractivity contribution in [1.29, 1.82) is 0 Å². The molecule has 0 radical (unpaired) electrons. The number of nitrogens with zero attached hydrogens (tertiary/aromatic N) is 1. The maximum atomic E-state index is 5.40. The quantitative estimate of drug-likeness (QED) is 0.779. The van der Waals surface area contributed by atoms with Crippen LogP contribution in [0.4, 0.5) is 0 Å². The van der Waals surface area contributed by atoms with Crippen LogP contribution in [0.5, 0.6) is 11.5 Å². The Morgan fingerprint density at radius 2 is 2.11 bits per heavy atom. The summed E-state index contributed by atoms with van der Waals surface area (Å²) in [5.74, 6) is 1.56. The zero-order valence-corrected chi connectivity index (χ0v) is 10.9. The molecule has 2 heterocycles. The van der Waals surface area contributed by atoms with Crippen LogP contribution in [0, 0.1) is 0 Å². The lowest BCUT2D eigenvalue weighted by Gasteiger charge is -2.03. The summed E-state index contributed by atoms with van der Waals surface area (Å²) in [5, 5.41) is 2.10. The second-order valence-corrected chi connectivity index (χ2v) is 4.20. The van der Waals surface area contributed by atoms with Crippen LogP contribution in [0.3, 0.4) is 0 Å². The smallest absolute Gasteiger partial charge is 0.147 e. The Morgan fingerprint density at radius 1 is 1.26 bits per heavy atom. The normalized spacial score (nSPS) is 10.8. The van der Waals surface area contributed by atoms with Gasteiger partial charge in [0.15, 0.2) is 0 Å². The molecule has 3 aromatic rings. The number of hydrogen-bond acceptors (Lipinski definition) is 3. The predicted octanol–water partition coefficient (Wildman–Crippen LogP) is 3.38. The van der Waals surface area contributed by atoms with Gasteiger partial charge in [0, 0.05) is 11.5 Å². The number of fused-ring (bicyclic) bond motifs is 3. The van der Waals surface area contributed by atoms with Crippen molar-refractivity contribution in [3.8, 4) is 11.5 Å². The summed E-state index contributed by atoms with van der Waals surface area (Å²) in [6.45, 7) is 3.79. The van der Waals surface area contributed by atoms with Crippen molar-refractivity contribution >= 4 is 27.9 Å². The molecular weight excluding hydrogens is 240 g/mol. The summed E-state index contributed by atoms with van der Waals surface area (Å²) in [6.07, 6.45) is 3.45. The van der Waals surface area contributed by atoms with Crippen molar-refractivity contribution in [2.45, 2.75) is 0 Å². The Morgan fingerprint density at radius 3 is 2.79 bits per heavy atom. The molecule has 0 spiro atoms. The second-order valence-electron chi connectivity index (χ2n) is 4.20. The lowest BCUT2D eigenvalue weighted by molar-refractivity contribution is 0.415. The zero-order valence-electron chi connectivity index (χ0n) is 10.9. The molecule has 0 aliphatic heterocycles. The molecule has 0 fully saturated rings. The van der Waals surface area contributed by atoms with E-state index >= 15 is 0 Å². The van der Waals surface area contributed by atoms with Crippen LogP contribution >= 0.6 is 0 Å². The minimum atomic E-state index is 0.747. The number of ether oxygens (including phenoxy) is 2. The first-order valence-corrected chi connectivity index (χ1v) is 5.93. The summed E-state index contributed by atoms with van der Waals surface area (Å²) < 4.78 is 10.6. The average molecular weight is 254 g/mol. The van der Waals surface area contributed by atoms with E-state index in [4.69, 9.17) is 9.47 Å². The lowest BCUT2D eigenvalue weighted by atomic mass is 10.1. The number of hydrogen-bond donors (Lipinski definition) is 1. The average Bonchev–Trinajstić information content (AvgIpc) is 2.84. The number of aromatic amines is 1. The fourth-order valence-corrected chi connectivity index (χ4v) is 2.32. The zero-order chi connectivity index (χ0) is 13.4. The Hall–Kier alpha value is -2.49. The van der Waals surface area contributed by atoms with Crippen LogP contribution in [0.1, 0.15) is 5.69 Å². The SMILES string of the molecule is C=Cc1ncc(OC)c2c1[nH]c1cc(OC)ccc12. The number of nitrogens with one attached hydrogen (secondary N) is 1. The van der Waals surface area contributed by atoms with Crippen LogP contribution in [0.2, 0.25) is 0 Å². The molecule has 4 nitrogen and oxygen atoms in total. The van der Waals surface area contributed by atoms with E-state index in [1.54, 1.807) is 26.5 Å². The summed E-state index contributed by atoms with van der Waals surface area (Å²) in [7, 11) is 3.30. The fourth-order valence-electron chi connectivity index (χ4n) is 2.32.